The Hall–Kier alpha value is -3.30. The third kappa shape index (κ3) is 4.47. The first-order chi connectivity index (χ1) is 14.6. The number of hydrogen-bond donors (Lipinski definition) is 0. The second kappa shape index (κ2) is 9.02. The standard InChI is InChI=1S/C21H15BrN4O3S/c22-18-9-5-4-8-17(18)19-14-30-21(23-12-15-6-2-1-3-7-15)25(19)24-13-16-10-11-20(29-16)26(27)28/h1-11,13-14H,12H2. The van der Waals surface area contributed by atoms with Gasteiger partial charge in [-0.25, -0.2) is 4.68 Å². The monoisotopic (exact) mass is 482 g/mol. The van der Waals surface area contributed by atoms with Crippen LogP contribution in [0.25, 0.3) is 11.3 Å². The predicted octanol–water partition coefficient (Wildman–Crippen LogP) is 5.46. The Kier molecular flexibility index (Phi) is 6.01. The Morgan fingerprint density at radius 2 is 1.87 bits per heavy atom. The Balaban J connectivity index is 1.76. The van der Waals surface area contributed by atoms with E-state index >= 15 is 0 Å². The van der Waals surface area contributed by atoms with Gasteiger partial charge in [0.25, 0.3) is 0 Å². The first-order valence-electron chi connectivity index (χ1n) is 8.90. The van der Waals surface area contributed by atoms with E-state index in [1.165, 1.54) is 29.7 Å². The number of nitro groups is 1. The number of hydrogen-bond acceptors (Lipinski definition) is 6. The van der Waals surface area contributed by atoms with Gasteiger partial charge in [0.15, 0.2) is 5.76 Å². The molecule has 0 amide bonds. The Morgan fingerprint density at radius 3 is 2.60 bits per heavy atom. The molecule has 4 aromatic rings. The van der Waals surface area contributed by atoms with E-state index in [0.29, 0.717) is 11.3 Å². The van der Waals surface area contributed by atoms with Crippen molar-refractivity contribution in [2.24, 2.45) is 10.1 Å². The second-order valence-electron chi connectivity index (χ2n) is 6.17. The fourth-order valence-corrected chi connectivity index (χ4v) is 4.06. The van der Waals surface area contributed by atoms with Crippen LogP contribution in [0.4, 0.5) is 5.88 Å². The number of thiazole rings is 1. The molecule has 0 aliphatic rings. The van der Waals surface area contributed by atoms with Crippen LogP contribution in [0.2, 0.25) is 0 Å². The van der Waals surface area contributed by atoms with Crippen molar-refractivity contribution in [1.82, 2.24) is 4.68 Å². The highest BCUT2D eigenvalue weighted by molar-refractivity contribution is 9.10. The van der Waals surface area contributed by atoms with E-state index in [0.717, 1.165) is 21.3 Å². The Morgan fingerprint density at radius 1 is 1.10 bits per heavy atom. The minimum absolute atomic E-state index is 0.285. The SMILES string of the molecule is O=[N+]([O-])c1ccc(C=Nn2c(-c3ccccc3Br)csc2=NCc2ccccc2)o1. The molecule has 0 saturated heterocycles. The van der Waals surface area contributed by atoms with Crippen LogP contribution in [0.5, 0.6) is 0 Å². The summed E-state index contributed by atoms with van der Waals surface area (Å²) in [7, 11) is 0. The Bertz CT molecular complexity index is 1270. The first kappa shape index (κ1) is 20.0. The minimum Gasteiger partial charge on any atom is -0.400 e. The zero-order chi connectivity index (χ0) is 20.9. The molecule has 4 rings (SSSR count). The fraction of sp³-hybridized carbons (Fsp3) is 0.0476. The van der Waals surface area contributed by atoms with Crippen molar-refractivity contribution in [3.63, 3.8) is 0 Å². The van der Waals surface area contributed by atoms with E-state index in [2.05, 4.69) is 21.0 Å². The fourth-order valence-electron chi connectivity index (χ4n) is 2.74. The van der Waals surface area contributed by atoms with Crippen molar-refractivity contribution in [1.29, 1.82) is 0 Å². The quantitative estimate of drug-likeness (QED) is 0.207. The van der Waals surface area contributed by atoms with Crippen LogP contribution in [-0.2, 0) is 6.54 Å². The summed E-state index contributed by atoms with van der Waals surface area (Å²) in [5.41, 5.74) is 2.89. The third-order valence-electron chi connectivity index (χ3n) is 4.17. The molecule has 30 heavy (non-hydrogen) atoms. The summed E-state index contributed by atoms with van der Waals surface area (Å²) in [6, 6.07) is 20.6. The van der Waals surface area contributed by atoms with Crippen molar-refractivity contribution >= 4 is 39.4 Å². The van der Waals surface area contributed by atoms with E-state index in [1.54, 1.807) is 4.68 Å². The van der Waals surface area contributed by atoms with Crippen LogP contribution in [0.1, 0.15) is 11.3 Å². The molecule has 0 atom stereocenters. The van der Waals surface area contributed by atoms with Gasteiger partial charge in [0.05, 0.1) is 24.5 Å². The number of halogens is 1. The van der Waals surface area contributed by atoms with Gasteiger partial charge in [-0.15, -0.1) is 11.3 Å². The van der Waals surface area contributed by atoms with Crippen LogP contribution in [0.15, 0.2) is 91.1 Å². The third-order valence-corrected chi connectivity index (χ3v) is 5.71. The molecule has 0 radical (unpaired) electrons. The summed E-state index contributed by atoms with van der Waals surface area (Å²) in [5, 5.41) is 17.3. The topological polar surface area (TPSA) is 85.9 Å². The van der Waals surface area contributed by atoms with Gasteiger partial charge in [0, 0.05) is 15.4 Å². The van der Waals surface area contributed by atoms with Crippen LogP contribution < -0.4 is 4.80 Å². The van der Waals surface area contributed by atoms with Gasteiger partial charge in [0.2, 0.25) is 4.80 Å². The highest BCUT2D eigenvalue weighted by atomic mass is 79.9. The molecule has 150 valence electrons. The maximum absolute atomic E-state index is 10.8. The molecule has 2 aromatic carbocycles. The number of aromatic nitrogens is 1. The van der Waals surface area contributed by atoms with E-state index in [-0.39, 0.29) is 11.6 Å². The largest absolute Gasteiger partial charge is 0.433 e. The van der Waals surface area contributed by atoms with Gasteiger partial charge in [-0.2, -0.15) is 5.10 Å². The predicted molar refractivity (Wildman–Crippen MR) is 120 cm³/mol. The molecule has 0 spiro atoms. The zero-order valence-electron chi connectivity index (χ0n) is 15.5. The summed E-state index contributed by atoms with van der Waals surface area (Å²) in [4.78, 5) is 15.7. The van der Waals surface area contributed by atoms with Gasteiger partial charge >= 0.3 is 5.88 Å². The number of rotatable bonds is 6. The Labute approximate surface area is 183 Å². The molecule has 7 nitrogen and oxygen atoms in total. The second-order valence-corrected chi connectivity index (χ2v) is 7.87. The lowest BCUT2D eigenvalue weighted by molar-refractivity contribution is -0.402. The molecule has 0 unspecified atom stereocenters. The highest BCUT2D eigenvalue weighted by Gasteiger charge is 2.12. The summed E-state index contributed by atoms with van der Waals surface area (Å²) in [6.07, 6.45) is 1.45. The number of nitrogens with zero attached hydrogens (tertiary/aromatic N) is 4. The molecule has 9 heteroatoms. The van der Waals surface area contributed by atoms with Gasteiger partial charge in [-0.05, 0) is 17.7 Å². The van der Waals surface area contributed by atoms with Crippen LogP contribution >= 0.6 is 27.3 Å². The summed E-state index contributed by atoms with van der Waals surface area (Å²) < 4.78 is 7.82. The summed E-state index contributed by atoms with van der Waals surface area (Å²) in [5.74, 6) is -0.0423. The average molecular weight is 483 g/mol. The minimum atomic E-state index is -0.581. The van der Waals surface area contributed by atoms with E-state index in [1.807, 2.05) is 60.0 Å². The molecular weight excluding hydrogens is 468 g/mol. The molecule has 2 aromatic heterocycles. The molecule has 0 fully saturated rings. The van der Waals surface area contributed by atoms with Gasteiger partial charge < -0.3 is 4.42 Å². The van der Waals surface area contributed by atoms with Gasteiger partial charge in [-0.1, -0.05) is 64.5 Å². The van der Waals surface area contributed by atoms with E-state index < -0.39 is 4.92 Å². The maximum atomic E-state index is 10.8. The maximum Gasteiger partial charge on any atom is 0.433 e. The normalized spacial score (nSPS) is 12.0. The first-order valence-corrected chi connectivity index (χ1v) is 10.6. The zero-order valence-corrected chi connectivity index (χ0v) is 17.9. The molecule has 0 N–H and O–H groups in total. The van der Waals surface area contributed by atoms with Crippen molar-refractivity contribution in [3.05, 3.63) is 103 Å². The molecule has 2 heterocycles. The van der Waals surface area contributed by atoms with Gasteiger partial charge in [-0.3, -0.25) is 15.1 Å². The molecule has 0 aliphatic heterocycles. The molecular formula is C21H15BrN4O3S. The molecule has 0 bridgehead atoms. The van der Waals surface area contributed by atoms with Crippen LogP contribution in [0.3, 0.4) is 0 Å². The van der Waals surface area contributed by atoms with Crippen LogP contribution in [-0.4, -0.2) is 15.8 Å². The molecule has 0 aliphatic carbocycles. The number of furan rings is 1. The summed E-state index contributed by atoms with van der Waals surface area (Å²) >= 11 is 5.05. The van der Waals surface area contributed by atoms with Crippen molar-refractivity contribution < 1.29 is 9.34 Å². The lowest BCUT2D eigenvalue weighted by Crippen LogP contribution is -2.12. The smallest absolute Gasteiger partial charge is 0.400 e. The van der Waals surface area contributed by atoms with Crippen molar-refractivity contribution in [2.75, 3.05) is 0 Å². The van der Waals surface area contributed by atoms with E-state index in [9.17, 15) is 10.1 Å². The highest BCUT2D eigenvalue weighted by Crippen LogP contribution is 2.28. The van der Waals surface area contributed by atoms with E-state index in [4.69, 9.17) is 9.41 Å². The average Bonchev–Trinajstić information content (AvgIpc) is 3.39. The molecule has 0 saturated carbocycles. The lowest BCUT2D eigenvalue weighted by Gasteiger charge is -2.05. The van der Waals surface area contributed by atoms with Crippen molar-refractivity contribution in [2.45, 2.75) is 6.54 Å². The van der Waals surface area contributed by atoms with Crippen molar-refractivity contribution in [3.8, 4) is 11.3 Å². The van der Waals surface area contributed by atoms with Crippen LogP contribution in [0, 0.1) is 10.1 Å². The summed E-state index contributed by atoms with van der Waals surface area (Å²) in [6.45, 7) is 0.512. The van der Waals surface area contributed by atoms with Gasteiger partial charge in [0.1, 0.15) is 4.92 Å². The number of benzene rings is 2. The lowest BCUT2D eigenvalue weighted by atomic mass is 10.2.